The Bertz CT molecular complexity index is 1340. The van der Waals surface area contributed by atoms with Crippen LogP contribution in [0.4, 0.5) is 13.2 Å². The number of aryl methyl sites for hydroxylation is 1. The fourth-order valence-electron chi connectivity index (χ4n) is 3.38. The van der Waals surface area contributed by atoms with Gasteiger partial charge in [0.1, 0.15) is 22.6 Å². The van der Waals surface area contributed by atoms with Crippen LogP contribution in [0.3, 0.4) is 0 Å². The number of fused-ring (bicyclic) bond motifs is 1. The summed E-state index contributed by atoms with van der Waals surface area (Å²) in [4.78, 5) is 13.1. The molecule has 4 rings (SSSR count). The van der Waals surface area contributed by atoms with Crippen molar-refractivity contribution in [2.45, 2.75) is 19.6 Å². The number of ether oxygens (including phenoxy) is 2. The van der Waals surface area contributed by atoms with Gasteiger partial charge in [-0.3, -0.25) is 4.79 Å². The largest absolute Gasteiger partial charge is 0.497 e. The van der Waals surface area contributed by atoms with Gasteiger partial charge in [0.05, 0.1) is 37.6 Å². The van der Waals surface area contributed by atoms with Gasteiger partial charge in [-0.15, -0.1) is 0 Å². The van der Waals surface area contributed by atoms with E-state index in [0.717, 1.165) is 12.1 Å². The second-order valence-corrected chi connectivity index (χ2v) is 7.04. The van der Waals surface area contributed by atoms with Gasteiger partial charge in [-0.2, -0.15) is 18.3 Å². The third-order valence-electron chi connectivity index (χ3n) is 5.02. The lowest BCUT2D eigenvalue weighted by atomic mass is 10.1. The number of alkyl halides is 3. The van der Waals surface area contributed by atoms with E-state index in [2.05, 4.69) is 10.3 Å². The molecule has 0 N–H and O–H groups in total. The van der Waals surface area contributed by atoms with Crippen LogP contribution in [0.2, 0.25) is 0 Å². The lowest BCUT2D eigenvalue weighted by Crippen LogP contribution is -2.24. The first kappa shape index (κ1) is 21.4. The van der Waals surface area contributed by atoms with Crippen LogP contribution in [0, 0.1) is 6.92 Å². The predicted molar refractivity (Wildman–Crippen MR) is 110 cm³/mol. The minimum Gasteiger partial charge on any atom is -0.497 e. The average molecular weight is 445 g/mol. The highest BCUT2D eigenvalue weighted by atomic mass is 19.4. The van der Waals surface area contributed by atoms with Crippen molar-refractivity contribution < 1.29 is 27.2 Å². The van der Waals surface area contributed by atoms with Crippen molar-refractivity contribution in [1.29, 1.82) is 0 Å². The van der Waals surface area contributed by atoms with E-state index in [1.54, 1.807) is 25.1 Å². The predicted octanol–water partition coefficient (Wildman–Crippen LogP) is 4.44. The fraction of sp³-hybridized carbons (Fsp3) is 0.227. The fourth-order valence-corrected chi connectivity index (χ4v) is 3.38. The Balaban J connectivity index is 1.88. The number of hydrogen-bond acceptors (Lipinski definition) is 6. The molecule has 0 aliphatic heterocycles. The summed E-state index contributed by atoms with van der Waals surface area (Å²) in [7, 11) is 3.01. The van der Waals surface area contributed by atoms with E-state index in [0.29, 0.717) is 34.0 Å². The topological polar surface area (TPSA) is 79.4 Å². The van der Waals surface area contributed by atoms with Crippen molar-refractivity contribution in [2.75, 3.05) is 14.2 Å². The van der Waals surface area contributed by atoms with Crippen LogP contribution in [0.1, 0.15) is 16.8 Å². The number of rotatable bonds is 5. The lowest BCUT2D eigenvalue weighted by molar-refractivity contribution is -0.137. The van der Waals surface area contributed by atoms with Crippen LogP contribution in [-0.2, 0) is 12.7 Å². The molecule has 0 spiro atoms. The van der Waals surface area contributed by atoms with Crippen molar-refractivity contribution in [3.8, 4) is 22.8 Å². The van der Waals surface area contributed by atoms with Crippen LogP contribution in [0.5, 0.6) is 11.5 Å². The highest BCUT2D eigenvalue weighted by Crippen LogP contribution is 2.36. The van der Waals surface area contributed by atoms with Gasteiger partial charge in [-0.05, 0) is 42.8 Å². The molecule has 0 aliphatic carbocycles. The molecule has 2 aromatic carbocycles. The molecule has 0 saturated heterocycles. The first-order chi connectivity index (χ1) is 15.2. The van der Waals surface area contributed by atoms with E-state index in [1.807, 2.05) is 0 Å². The molecule has 0 fully saturated rings. The second-order valence-electron chi connectivity index (χ2n) is 7.04. The average Bonchev–Trinajstić information content (AvgIpc) is 3.17. The Hall–Kier alpha value is -3.82. The Morgan fingerprint density at radius 1 is 1.06 bits per heavy atom. The second kappa shape index (κ2) is 8.03. The molecule has 7 nitrogen and oxygen atoms in total. The maximum absolute atomic E-state index is 13.1. The quantitative estimate of drug-likeness (QED) is 0.452. The van der Waals surface area contributed by atoms with E-state index < -0.39 is 17.3 Å². The maximum atomic E-state index is 13.1. The monoisotopic (exact) mass is 445 g/mol. The van der Waals surface area contributed by atoms with Gasteiger partial charge < -0.3 is 14.0 Å². The summed E-state index contributed by atoms with van der Waals surface area (Å²) in [6.07, 6.45) is -4.44. The molecule has 0 amide bonds. The molecule has 0 aliphatic rings. The molecule has 10 heteroatoms. The minimum absolute atomic E-state index is 0.0448. The number of nitrogens with zero attached hydrogens (tertiary/aromatic N) is 3. The molecular formula is C22H18F3N3O4. The number of methoxy groups -OCH3 is 2. The highest BCUT2D eigenvalue weighted by Gasteiger charge is 2.30. The summed E-state index contributed by atoms with van der Waals surface area (Å²) in [5, 5.41) is 8.58. The van der Waals surface area contributed by atoms with Crippen molar-refractivity contribution in [3.63, 3.8) is 0 Å². The smallest absolute Gasteiger partial charge is 0.416 e. The maximum Gasteiger partial charge on any atom is 0.416 e. The molecule has 0 radical (unpaired) electrons. The zero-order chi connectivity index (χ0) is 23.0. The number of halogens is 3. The highest BCUT2D eigenvalue weighted by molar-refractivity contribution is 5.92. The van der Waals surface area contributed by atoms with Crippen molar-refractivity contribution >= 4 is 11.0 Å². The lowest BCUT2D eigenvalue weighted by Gasteiger charge is -2.13. The minimum atomic E-state index is -4.44. The van der Waals surface area contributed by atoms with E-state index in [9.17, 15) is 18.0 Å². The molecule has 2 heterocycles. The van der Waals surface area contributed by atoms with Crippen LogP contribution in [0.25, 0.3) is 22.2 Å². The van der Waals surface area contributed by atoms with Gasteiger partial charge in [0.15, 0.2) is 0 Å². The molecule has 0 unspecified atom stereocenters. The molecular weight excluding hydrogens is 427 g/mol. The van der Waals surface area contributed by atoms with Gasteiger partial charge in [0.2, 0.25) is 5.58 Å². The van der Waals surface area contributed by atoms with Crippen molar-refractivity contribution in [1.82, 2.24) is 14.9 Å². The van der Waals surface area contributed by atoms with Crippen LogP contribution < -0.4 is 15.0 Å². The van der Waals surface area contributed by atoms with E-state index in [1.165, 1.54) is 31.0 Å². The normalized spacial score (nSPS) is 11.7. The third kappa shape index (κ3) is 3.79. The first-order valence-corrected chi connectivity index (χ1v) is 9.48. The Morgan fingerprint density at radius 3 is 2.41 bits per heavy atom. The summed E-state index contributed by atoms with van der Waals surface area (Å²) in [6.45, 7) is 1.58. The standard InChI is InChI=1S/C22H18F3N3O4/c1-12-18-20(32-27-12)19(16-10-15(30-2)8-9-17(16)31-3)26-28(21(18)29)11-13-4-6-14(7-5-13)22(23,24)25/h4-10H,11H2,1-3H3. The van der Waals surface area contributed by atoms with Gasteiger partial charge >= 0.3 is 6.18 Å². The van der Waals surface area contributed by atoms with E-state index >= 15 is 0 Å². The summed E-state index contributed by atoms with van der Waals surface area (Å²) >= 11 is 0. The number of hydrogen-bond donors (Lipinski definition) is 0. The molecule has 4 aromatic rings. The van der Waals surface area contributed by atoms with Crippen molar-refractivity contribution in [2.24, 2.45) is 0 Å². The van der Waals surface area contributed by atoms with Crippen LogP contribution in [-0.4, -0.2) is 29.2 Å². The molecule has 0 atom stereocenters. The van der Waals surface area contributed by atoms with E-state index in [-0.39, 0.29) is 17.5 Å². The number of benzene rings is 2. The van der Waals surface area contributed by atoms with E-state index in [4.69, 9.17) is 14.0 Å². The SMILES string of the molecule is COc1ccc(OC)c(-c2nn(Cc3ccc(C(F)(F)F)cc3)c(=O)c3c(C)noc23)c1. The molecule has 0 bridgehead atoms. The van der Waals surface area contributed by atoms with Gasteiger partial charge in [0.25, 0.3) is 5.56 Å². The summed E-state index contributed by atoms with van der Waals surface area (Å²) in [5.41, 5.74) is 0.596. The van der Waals surface area contributed by atoms with Gasteiger partial charge in [-0.1, -0.05) is 17.3 Å². The zero-order valence-electron chi connectivity index (χ0n) is 17.4. The van der Waals surface area contributed by atoms with Crippen LogP contribution >= 0.6 is 0 Å². The molecule has 0 saturated carbocycles. The summed E-state index contributed by atoms with van der Waals surface area (Å²) in [5.74, 6) is 1.00. The zero-order valence-corrected chi connectivity index (χ0v) is 17.4. The first-order valence-electron chi connectivity index (χ1n) is 9.48. The van der Waals surface area contributed by atoms with Gasteiger partial charge in [0, 0.05) is 0 Å². The molecule has 32 heavy (non-hydrogen) atoms. The number of aromatic nitrogens is 3. The molecule has 2 aromatic heterocycles. The summed E-state index contributed by atoms with van der Waals surface area (Å²) in [6, 6.07) is 9.65. The van der Waals surface area contributed by atoms with Gasteiger partial charge in [-0.25, -0.2) is 4.68 Å². The van der Waals surface area contributed by atoms with Crippen molar-refractivity contribution in [3.05, 3.63) is 69.6 Å². The molecule has 166 valence electrons. The Kier molecular flexibility index (Phi) is 5.37. The summed E-state index contributed by atoms with van der Waals surface area (Å²) < 4.78 is 55.9. The Morgan fingerprint density at radius 2 is 1.78 bits per heavy atom. The Labute approximate surface area is 180 Å². The van der Waals surface area contributed by atoms with Crippen LogP contribution in [0.15, 0.2) is 51.8 Å². The third-order valence-corrected chi connectivity index (χ3v) is 5.02.